The molecule has 0 saturated carbocycles. The van der Waals surface area contributed by atoms with E-state index in [4.69, 9.17) is 4.42 Å². The molecule has 2 heterocycles. The first-order valence-electron chi connectivity index (χ1n) is 7.69. The van der Waals surface area contributed by atoms with E-state index in [0.717, 1.165) is 3.97 Å². The fourth-order valence-corrected chi connectivity index (χ4v) is 5.49. The molecule has 0 spiro atoms. The maximum atomic E-state index is 13.3. The number of benzene rings is 2. The summed E-state index contributed by atoms with van der Waals surface area (Å²) in [6, 6.07) is 18.2. The van der Waals surface area contributed by atoms with E-state index in [2.05, 4.69) is 0 Å². The summed E-state index contributed by atoms with van der Waals surface area (Å²) in [5.74, 6) is -0.384. The third-order valence-electron chi connectivity index (χ3n) is 4.01. The van der Waals surface area contributed by atoms with Crippen LogP contribution in [-0.2, 0) is 10.0 Å². The van der Waals surface area contributed by atoms with Crippen molar-refractivity contribution in [3.05, 3.63) is 88.0 Å². The predicted molar refractivity (Wildman–Crippen MR) is 106 cm³/mol. The first-order chi connectivity index (χ1) is 12.5. The second-order valence-corrected chi connectivity index (χ2v) is 8.43. The summed E-state index contributed by atoms with van der Waals surface area (Å²) in [5.41, 5.74) is 0.529. The fraction of sp³-hybridized carbons (Fsp3) is 0. The number of carbonyl (C=O) groups is 1. The van der Waals surface area contributed by atoms with Gasteiger partial charge in [0.1, 0.15) is 5.69 Å². The van der Waals surface area contributed by atoms with Gasteiger partial charge in [0.2, 0.25) is 5.78 Å². The van der Waals surface area contributed by atoms with Gasteiger partial charge in [0.15, 0.2) is 5.76 Å². The minimum atomic E-state index is -3.96. The first kappa shape index (κ1) is 17.0. The number of ketones is 1. The molecule has 0 aliphatic carbocycles. The standard InChI is InChI=1S/C19H12INO4S/c20-17-14-9-4-5-10-15(14)21(18(17)19(22)16-11-6-12-25-16)26(23,24)13-7-2-1-3-8-13/h1-12H. The lowest BCUT2D eigenvalue weighted by molar-refractivity contribution is 0.100. The molecule has 0 aliphatic heterocycles. The average Bonchev–Trinajstić information content (AvgIpc) is 3.29. The number of rotatable bonds is 4. The highest BCUT2D eigenvalue weighted by atomic mass is 127. The lowest BCUT2D eigenvalue weighted by atomic mass is 10.2. The lowest BCUT2D eigenvalue weighted by Crippen LogP contribution is -2.19. The van der Waals surface area contributed by atoms with Gasteiger partial charge in [0, 0.05) is 5.39 Å². The largest absolute Gasteiger partial charge is 0.461 e. The number of furan rings is 1. The Morgan fingerprint density at radius 3 is 2.31 bits per heavy atom. The van der Waals surface area contributed by atoms with Crippen LogP contribution in [-0.4, -0.2) is 18.2 Å². The van der Waals surface area contributed by atoms with E-state index in [1.807, 2.05) is 28.7 Å². The Balaban J connectivity index is 2.09. The molecule has 0 N–H and O–H groups in total. The molecule has 7 heteroatoms. The molecule has 130 valence electrons. The molecule has 0 unspecified atom stereocenters. The summed E-state index contributed by atoms with van der Waals surface area (Å²) in [6.45, 7) is 0. The van der Waals surface area contributed by atoms with E-state index in [1.54, 1.807) is 42.5 Å². The molecule has 5 nitrogen and oxygen atoms in total. The topological polar surface area (TPSA) is 69.3 Å². The second-order valence-electron chi connectivity index (χ2n) is 5.57. The Labute approximate surface area is 163 Å². The van der Waals surface area contributed by atoms with Gasteiger partial charge in [-0.05, 0) is 52.9 Å². The molecule has 0 radical (unpaired) electrons. The van der Waals surface area contributed by atoms with E-state index >= 15 is 0 Å². The van der Waals surface area contributed by atoms with Gasteiger partial charge >= 0.3 is 0 Å². The van der Waals surface area contributed by atoms with E-state index in [0.29, 0.717) is 14.5 Å². The maximum Gasteiger partial charge on any atom is 0.268 e. The summed E-state index contributed by atoms with van der Waals surface area (Å²) >= 11 is 2.01. The van der Waals surface area contributed by atoms with Crippen molar-refractivity contribution in [3.63, 3.8) is 0 Å². The van der Waals surface area contributed by atoms with E-state index in [1.165, 1.54) is 24.5 Å². The highest BCUT2D eigenvalue weighted by molar-refractivity contribution is 14.1. The lowest BCUT2D eigenvalue weighted by Gasteiger charge is -2.11. The van der Waals surface area contributed by atoms with Crippen LogP contribution in [0.25, 0.3) is 10.9 Å². The van der Waals surface area contributed by atoms with Crippen molar-refractivity contribution in [2.45, 2.75) is 4.90 Å². The molecule has 0 amide bonds. The highest BCUT2D eigenvalue weighted by Gasteiger charge is 2.31. The van der Waals surface area contributed by atoms with Crippen molar-refractivity contribution in [2.75, 3.05) is 0 Å². The maximum absolute atomic E-state index is 13.3. The fourth-order valence-electron chi connectivity index (χ4n) is 2.84. The quantitative estimate of drug-likeness (QED) is 0.325. The van der Waals surface area contributed by atoms with Crippen molar-refractivity contribution in [3.8, 4) is 0 Å². The molecular weight excluding hydrogens is 465 g/mol. The number of carbonyl (C=O) groups excluding carboxylic acids is 1. The minimum Gasteiger partial charge on any atom is -0.461 e. The van der Waals surface area contributed by atoms with Gasteiger partial charge in [-0.15, -0.1) is 0 Å². The van der Waals surface area contributed by atoms with Gasteiger partial charge in [-0.25, -0.2) is 12.4 Å². The zero-order valence-corrected chi connectivity index (χ0v) is 16.3. The smallest absolute Gasteiger partial charge is 0.268 e. The summed E-state index contributed by atoms with van der Waals surface area (Å²) in [5, 5.41) is 0.697. The van der Waals surface area contributed by atoms with Crippen LogP contribution >= 0.6 is 22.6 Å². The van der Waals surface area contributed by atoms with Crippen LogP contribution in [0.15, 0.2) is 82.3 Å². The molecule has 0 fully saturated rings. The number of nitrogens with zero attached hydrogens (tertiary/aromatic N) is 1. The van der Waals surface area contributed by atoms with E-state index < -0.39 is 15.8 Å². The molecule has 2 aromatic heterocycles. The molecule has 0 bridgehead atoms. The number of halogens is 1. The van der Waals surface area contributed by atoms with Crippen molar-refractivity contribution in [1.82, 2.24) is 3.97 Å². The Hall–Kier alpha value is -2.39. The Morgan fingerprint density at radius 1 is 0.923 bits per heavy atom. The minimum absolute atomic E-state index is 0.0746. The van der Waals surface area contributed by atoms with Gasteiger partial charge < -0.3 is 4.42 Å². The molecule has 4 aromatic rings. The third kappa shape index (κ3) is 2.58. The monoisotopic (exact) mass is 477 g/mol. The summed E-state index contributed by atoms with van der Waals surface area (Å²) < 4.78 is 33.6. The predicted octanol–water partition coefficient (Wildman–Crippen LogP) is 4.31. The molecular formula is C19H12INO4S. The molecule has 26 heavy (non-hydrogen) atoms. The normalized spacial score (nSPS) is 11.7. The van der Waals surface area contributed by atoms with Crippen molar-refractivity contribution in [1.29, 1.82) is 0 Å². The number of fused-ring (bicyclic) bond motifs is 1. The first-order valence-corrected chi connectivity index (χ1v) is 10.2. The van der Waals surface area contributed by atoms with Crippen LogP contribution in [0.5, 0.6) is 0 Å². The second kappa shape index (κ2) is 6.40. The van der Waals surface area contributed by atoms with Crippen LogP contribution in [0, 0.1) is 3.57 Å². The van der Waals surface area contributed by atoms with Gasteiger partial charge in [-0.3, -0.25) is 4.79 Å². The third-order valence-corrected chi connectivity index (χ3v) is 6.83. The zero-order valence-electron chi connectivity index (χ0n) is 13.3. The number of hydrogen-bond donors (Lipinski definition) is 0. The van der Waals surface area contributed by atoms with Crippen LogP contribution in [0.3, 0.4) is 0 Å². The highest BCUT2D eigenvalue weighted by Crippen LogP contribution is 2.32. The molecule has 2 aromatic carbocycles. The molecule has 4 rings (SSSR count). The summed E-state index contributed by atoms with van der Waals surface area (Å²) in [4.78, 5) is 13.1. The van der Waals surface area contributed by atoms with Crippen molar-refractivity contribution < 1.29 is 17.6 Å². The van der Waals surface area contributed by atoms with Gasteiger partial charge in [-0.2, -0.15) is 0 Å². The van der Waals surface area contributed by atoms with Gasteiger partial charge in [0.05, 0.1) is 20.2 Å². The average molecular weight is 477 g/mol. The van der Waals surface area contributed by atoms with E-state index in [-0.39, 0.29) is 16.3 Å². The van der Waals surface area contributed by atoms with Crippen LogP contribution in [0.1, 0.15) is 16.2 Å². The number of aromatic nitrogens is 1. The Morgan fingerprint density at radius 2 is 1.62 bits per heavy atom. The van der Waals surface area contributed by atoms with E-state index in [9.17, 15) is 13.2 Å². The van der Waals surface area contributed by atoms with Gasteiger partial charge in [-0.1, -0.05) is 36.4 Å². The molecule has 0 atom stereocenters. The molecule has 0 saturated heterocycles. The summed E-state index contributed by atoms with van der Waals surface area (Å²) in [7, 11) is -3.96. The Kier molecular flexibility index (Phi) is 4.20. The zero-order chi connectivity index (χ0) is 18.3. The van der Waals surface area contributed by atoms with Gasteiger partial charge in [0.25, 0.3) is 10.0 Å². The van der Waals surface area contributed by atoms with Crippen molar-refractivity contribution >= 4 is 49.3 Å². The van der Waals surface area contributed by atoms with Crippen LogP contribution in [0.4, 0.5) is 0 Å². The SMILES string of the molecule is O=C(c1ccco1)c1c(I)c2ccccc2n1S(=O)(=O)c1ccccc1. The Bertz CT molecular complexity index is 1210. The van der Waals surface area contributed by atoms with Crippen molar-refractivity contribution in [2.24, 2.45) is 0 Å². The van der Waals surface area contributed by atoms with Crippen LogP contribution in [0.2, 0.25) is 0 Å². The van der Waals surface area contributed by atoms with Crippen LogP contribution < -0.4 is 0 Å². The summed E-state index contributed by atoms with van der Waals surface area (Å²) in [6.07, 6.45) is 1.39. The number of para-hydroxylation sites is 1. The molecule has 0 aliphatic rings. The number of hydrogen-bond acceptors (Lipinski definition) is 4.